The molecule has 1 N–H and O–H groups in total. The lowest BCUT2D eigenvalue weighted by Gasteiger charge is -2.14. The molecule has 0 unspecified atom stereocenters. The lowest BCUT2D eigenvalue weighted by Crippen LogP contribution is -2.35. The molecular weight excluding hydrogens is 401 g/mol. The number of benzene rings is 2. The smallest absolute Gasteiger partial charge is 0.224 e. The van der Waals surface area contributed by atoms with E-state index >= 15 is 0 Å². The van der Waals surface area contributed by atoms with Gasteiger partial charge in [-0.05, 0) is 29.8 Å². The van der Waals surface area contributed by atoms with E-state index in [4.69, 9.17) is 14.2 Å². The van der Waals surface area contributed by atoms with Crippen molar-refractivity contribution in [3.63, 3.8) is 0 Å². The predicted octanol–water partition coefficient (Wildman–Crippen LogP) is 2.96. The highest BCUT2D eigenvalue weighted by atomic mass is 19.1. The summed E-state index contributed by atoms with van der Waals surface area (Å²) < 4.78 is 30.7. The lowest BCUT2D eigenvalue weighted by atomic mass is 10.0. The van der Waals surface area contributed by atoms with Gasteiger partial charge >= 0.3 is 0 Å². The first-order chi connectivity index (χ1) is 15.1. The number of methoxy groups -OCH3 is 2. The molecular formula is C23H22FN3O4. The average Bonchev–Trinajstić information content (AvgIpc) is 3.20. The Hall–Kier alpha value is -3.68. The number of carbonyl (C=O) groups is 1. The van der Waals surface area contributed by atoms with Gasteiger partial charge in [0.2, 0.25) is 5.91 Å². The van der Waals surface area contributed by atoms with Crippen LogP contribution in [0.1, 0.15) is 11.1 Å². The van der Waals surface area contributed by atoms with Gasteiger partial charge in [0.1, 0.15) is 24.0 Å². The first-order valence-electron chi connectivity index (χ1n) is 9.79. The number of rotatable bonds is 7. The fourth-order valence-electron chi connectivity index (χ4n) is 3.63. The maximum atomic E-state index is 14.1. The van der Waals surface area contributed by atoms with Crippen molar-refractivity contribution in [3.05, 3.63) is 66.0 Å². The molecule has 8 heteroatoms. The minimum atomic E-state index is -0.348. The first-order valence-corrected chi connectivity index (χ1v) is 9.79. The van der Waals surface area contributed by atoms with Crippen molar-refractivity contribution in [3.8, 4) is 28.4 Å². The van der Waals surface area contributed by atoms with E-state index in [1.54, 1.807) is 38.7 Å². The summed E-state index contributed by atoms with van der Waals surface area (Å²) in [5.74, 6) is 1.29. The minimum absolute atomic E-state index is 0.144. The van der Waals surface area contributed by atoms with E-state index in [1.807, 2.05) is 6.07 Å². The van der Waals surface area contributed by atoms with Crippen molar-refractivity contribution >= 4 is 5.91 Å². The van der Waals surface area contributed by atoms with Crippen LogP contribution in [0.2, 0.25) is 0 Å². The number of hydrogen-bond donors (Lipinski definition) is 1. The highest BCUT2D eigenvalue weighted by molar-refractivity contribution is 5.79. The number of fused-ring (bicyclic) bond motifs is 1. The Morgan fingerprint density at radius 3 is 2.68 bits per heavy atom. The SMILES string of the molecule is COc1ccc(CC(=O)NC[C@@H]2Cc3cc(F)cc(-c4cncnc4)c3O2)cc1OC. The molecule has 2 heterocycles. The Morgan fingerprint density at radius 2 is 1.94 bits per heavy atom. The lowest BCUT2D eigenvalue weighted by molar-refractivity contribution is -0.120. The Labute approximate surface area is 179 Å². The Balaban J connectivity index is 1.39. The summed E-state index contributed by atoms with van der Waals surface area (Å²) in [5.41, 5.74) is 2.85. The molecule has 1 amide bonds. The monoisotopic (exact) mass is 423 g/mol. The van der Waals surface area contributed by atoms with E-state index < -0.39 is 0 Å². The van der Waals surface area contributed by atoms with E-state index in [1.165, 1.54) is 18.5 Å². The standard InChI is InChI=1S/C23H22FN3O4/c1-29-20-4-3-14(5-21(20)30-2)6-22(28)27-12-18-8-15-7-17(24)9-19(23(15)31-18)16-10-25-13-26-11-16/h3-5,7,9-11,13,18H,6,8,12H2,1-2H3,(H,27,28)/t18-/m0/s1. The summed E-state index contributed by atoms with van der Waals surface area (Å²) in [6.45, 7) is 0.313. The molecule has 1 atom stereocenters. The van der Waals surface area contributed by atoms with Crippen LogP contribution in [0.5, 0.6) is 17.2 Å². The molecule has 7 nitrogen and oxygen atoms in total. The van der Waals surface area contributed by atoms with Gasteiger partial charge in [-0.25, -0.2) is 14.4 Å². The number of ether oxygens (including phenoxy) is 3. The van der Waals surface area contributed by atoms with Crippen LogP contribution in [0, 0.1) is 5.82 Å². The zero-order valence-electron chi connectivity index (χ0n) is 17.2. The molecule has 2 aromatic carbocycles. The highest BCUT2D eigenvalue weighted by Crippen LogP contribution is 2.39. The van der Waals surface area contributed by atoms with Crippen LogP contribution < -0.4 is 19.5 Å². The molecule has 1 aliphatic heterocycles. The van der Waals surface area contributed by atoms with Gasteiger partial charge in [-0.1, -0.05) is 6.07 Å². The van der Waals surface area contributed by atoms with Gasteiger partial charge in [-0.2, -0.15) is 0 Å². The van der Waals surface area contributed by atoms with E-state index in [2.05, 4.69) is 15.3 Å². The Morgan fingerprint density at radius 1 is 1.16 bits per heavy atom. The van der Waals surface area contributed by atoms with Crippen LogP contribution >= 0.6 is 0 Å². The van der Waals surface area contributed by atoms with Crippen LogP contribution in [0.4, 0.5) is 4.39 Å². The van der Waals surface area contributed by atoms with Crippen molar-refractivity contribution in [2.75, 3.05) is 20.8 Å². The zero-order valence-corrected chi connectivity index (χ0v) is 17.2. The summed E-state index contributed by atoms with van der Waals surface area (Å²) in [4.78, 5) is 20.4. The third-order valence-corrected chi connectivity index (χ3v) is 5.07. The number of nitrogens with one attached hydrogen (secondary N) is 1. The molecule has 31 heavy (non-hydrogen) atoms. The average molecular weight is 423 g/mol. The molecule has 4 rings (SSSR count). The van der Waals surface area contributed by atoms with Crippen molar-refractivity contribution in [1.29, 1.82) is 0 Å². The number of aromatic nitrogens is 2. The summed E-state index contributed by atoms with van der Waals surface area (Å²) in [6, 6.07) is 8.24. The number of halogens is 1. The molecule has 0 fully saturated rings. The molecule has 0 bridgehead atoms. The van der Waals surface area contributed by atoms with Crippen LogP contribution in [0.3, 0.4) is 0 Å². The normalized spacial score (nSPS) is 14.5. The maximum Gasteiger partial charge on any atom is 0.224 e. The van der Waals surface area contributed by atoms with Gasteiger partial charge in [-0.3, -0.25) is 4.79 Å². The molecule has 0 saturated carbocycles. The fourth-order valence-corrected chi connectivity index (χ4v) is 3.63. The van der Waals surface area contributed by atoms with Crippen molar-refractivity contribution in [2.45, 2.75) is 18.9 Å². The molecule has 0 radical (unpaired) electrons. The molecule has 0 spiro atoms. The van der Waals surface area contributed by atoms with E-state index in [0.29, 0.717) is 41.3 Å². The molecule has 1 aliphatic rings. The van der Waals surface area contributed by atoms with Gasteiger partial charge in [0.15, 0.2) is 11.5 Å². The maximum absolute atomic E-state index is 14.1. The van der Waals surface area contributed by atoms with Crippen LogP contribution in [-0.4, -0.2) is 42.7 Å². The number of carbonyl (C=O) groups excluding carboxylic acids is 1. The zero-order chi connectivity index (χ0) is 21.8. The molecule has 0 aliphatic carbocycles. The van der Waals surface area contributed by atoms with Crippen molar-refractivity contribution in [2.24, 2.45) is 0 Å². The minimum Gasteiger partial charge on any atom is -0.493 e. The van der Waals surface area contributed by atoms with Crippen molar-refractivity contribution < 1.29 is 23.4 Å². The second-order valence-electron chi connectivity index (χ2n) is 7.18. The largest absolute Gasteiger partial charge is 0.493 e. The Kier molecular flexibility index (Phi) is 5.97. The number of nitrogens with zero attached hydrogens (tertiary/aromatic N) is 2. The van der Waals surface area contributed by atoms with Crippen LogP contribution in [0.15, 0.2) is 49.1 Å². The molecule has 0 saturated heterocycles. The second-order valence-corrected chi connectivity index (χ2v) is 7.18. The third-order valence-electron chi connectivity index (χ3n) is 5.07. The fraction of sp³-hybridized carbons (Fsp3) is 0.261. The predicted molar refractivity (Wildman–Crippen MR) is 112 cm³/mol. The first kappa shape index (κ1) is 20.6. The van der Waals surface area contributed by atoms with E-state index in [-0.39, 0.29) is 24.2 Å². The topological polar surface area (TPSA) is 82.6 Å². The van der Waals surface area contributed by atoms with Gasteiger partial charge in [0, 0.05) is 35.5 Å². The molecule has 3 aromatic rings. The Bertz CT molecular complexity index is 1090. The summed E-state index contributed by atoms with van der Waals surface area (Å²) in [6.07, 6.45) is 5.06. The number of hydrogen-bond acceptors (Lipinski definition) is 6. The highest BCUT2D eigenvalue weighted by Gasteiger charge is 2.27. The van der Waals surface area contributed by atoms with E-state index in [9.17, 15) is 9.18 Å². The number of amides is 1. The van der Waals surface area contributed by atoms with Gasteiger partial charge in [0.25, 0.3) is 0 Å². The quantitative estimate of drug-likeness (QED) is 0.629. The summed E-state index contributed by atoms with van der Waals surface area (Å²) in [7, 11) is 3.11. The van der Waals surface area contributed by atoms with Gasteiger partial charge in [-0.15, -0.1) is 0 Å². The molecule has 1 aromatic heterocycles. The molecule has 160 valence electrons. The van der Waals surface area contributed by atoms with Gasteiger partial charge < -0.3 is 19.5 Å². The van der Waals surface area contributed by atoms with Gasteiger partial charge in [0.05, 0.1) is 27.2 Å². The van der Waals surface area contributed by atoms with Crippen molar-refractivity contribution in [1.82, 2.24) is 15.3 Å². The van der Waals surface area contributed by atoms with E-state index in [0.717, 1.165) is 11.1 Å². The summed E-state index contributed by atoms with van der Waals surface area (Å²) in [5, 5.41) is 2.89. The third kappa shape index (κ3) is 4.58. The second kappa shape index (κ2) is 8.99. The van der Waals surface area contributed by atoms with Crippen LogP contribution in [0.25, 0.3) is 11.1 Å². The van der Waals surface area contributed by atoms with Crippen LogP contribution in [-0.2, 0) is 17.6 Å². The summed E-state index contributed by atoms with van der Waals surface area (Å²) >= 11 is 0.